The van der Waals surface area contributed by atoms with Gasteiger partial charge in [0, 0.05) is 11.0 Å². The van der Waals surface area contributed by atoms with E-state index in [1.165, 1.54) is 6.92 Å². The number of aliphatic hydroxyl groups is 3. The van der Waals surface area contributed by atoms with Crippen LogP contribution in [0.3, 0.4) is 0 Å². The number of aliphatic hydroxyl groups excluding tert-OH is 3. The summed E-state index contributed by atoms with van der Waals surface area (Å²) in [6.07, 6.45) is -3.60. The van der Waals surface area contributed by atoms with E-state index < -0.39 is 42.9 Å². The van der Waals surface area contributed by atoms with E-state index in [9.17, 15) is 14.7 Å². The van der Waals surface area contributed by atoms with Crippen molar-refractivity contribution in [2.45, 2.75) is 25.4 Å². The fourth-order valence-corrected chi connectivity index (χ4v) is 1.65. The average molecular weight is 301 g/mol. The first-order valence-electron chi connectivity index (χ1n) is 5.90. The molecule has 0 aliphatic heterocycles. The molecule has 1 heterocycles. The lowest BCUT2D eigenvalue weighted by molar-refractivity contribution is -0.127. The van der Waals surface area contributed by atoms with Crippen LogP contribution in [0.4, 0.5) is 5.82 Å². The zero-order valence-electron chi connectivity index (χ0n) is 11.1. The van der Waals surface area contributed by atoms with Gasteiger partial charge in [0.25, 0.3) is 5.56 Å². The Balaban J connectivity index is 3.17. The monoisotopic (exact) mass is 301 g/mol. The highest BCUT2D eigenvalue weighted by Gasteiger charge is 2.23. The maximum Gasteiger partial charge on any atom is 0.330 e. The van der Waals surface area contributed by atoms with Crippen molar-refractivity contribution in [3.63, 3.8) is 0 Å². The van der Waals surface area contributed by atoms with Crippen molar-refractivity contribution >= 4 is 5.82 Å². The maximum atomic E-state index is 11.8. The number of ether oxygens (including phenoxy) is 1. The Morgan fingerprint density at radius 2 is 2.14 bits per heavy atom. The molecule has 3 atom stereocenters. The Morgan fingerprint density at radius 3 is 2.67 bits per heavy atom. The van der Waals surface area contributed by atoms with Crippen molar-refractivity contribution in [1.29, 1.82) is 0 Å². The molecular weight excluding hydrogens is 286 g/mol. The molecule has 11 nitrogen and oxygen atoms in total. The molecule has 11 heteroatoms. The molecular formula is C10H15N5O6. The molecule has 0 amide bonds. The average Bonchev–Trinajstić information content (AvgIpc) is 2.43. The molecule has 0 aromatic carbocycles. The molecule has 116 valence electrons. The second-order valence-electron chi connectivity index (χ2n) is 4.06. The molecule has 1 unspecified atom stereocenters. The molecule has 0 spiro atoms. The highest BCUT2D eigenvalue weighted by Crippen LogP contribution is 2.17. The minimum absolute atomic E-state index is 0.283. The number of H-pyrrole nitrogens is 1. The van der Waals surface area contributed by atoms with Crippen molar-refractivity contribution in [1.82, 2.24) is 9.55 Å². The Kier molecular flexibility index (Phi) is 6.09. The van der Waals surface area contributed by atoms with Gasteiger partial charge in [0.05, 0.1) is 13.2 Å². The highest BCUT2D eigenvalue weighted by atomic mass is 16.5. The summed E-state index contributed by atoms with van der Waals surface area (Å²) in [6, 6.07) is 0.900. The van der Waals surface area contributed by atoms with E-state index in [-0.39, 0.29) is 5.82 Å². The summed E-state index contributed by atoms with van der Waals surface area (Å²) in [5.41, 5.74) is 6.81. The number of nitrogens with zero attached hydrogens (tertiary/aromatic N) is 4. The van der Waals surface area contributed by atoms with Gasteiger partial charge in [-0.15, -0.1) is 0 Å². The molecule has 0 saturated heterocycles. The van der Waals surface area contributed by atoms with Crippen LogP contribution in [-0.2, 0) is 4.74 Å². The fourth-order valence-electron chi connectivity index (χ4n) is 1.65. The van der Waals surface area contributed by atoms with E-state index in [4.69, 9.17) is 20.5 Å². The number of aromatic amines is 1. The largest absolute Gasteiger partial charge is 0.394 e. The minimum Gasteiger partial charge on any atom is -0.394 e. The Labute approximate surface area is 117 Å². The van der Waals surface area contributed by atoms with Gasteiger partial charge in [-0.25, -0.2) is 4.79 Å². The van der Waals surface area contributed by atoms with Crippen molar-refractivity contribution in [2.75, 3.05) is 13.2 Å². The van der Waals surface area contributed by atoms with Crippen molar-refractivity contribution in [2.24, 2.45) is 5.11 Å². The quantitative estimate of drug-likeness (QED) is 0.277. The number of hydrogen-bond donors (Lipinski definition) is 4. The lowest BCUT2D eigenvalue weighted by Gasteiger charge is -2.25. The summed E-state index contributed by atoms with van der Waals surface area (Å²) in [5.74, 6) is -0.283. The highest BCUT2D eigenvalue weighted by molar-refractivity contribution is 5.25. The second-order valence-corrected chi connectivity index (χ2v) is 4.06. The predicted octanol–water partition coefficient (Wildman–Crippen LogP) is -1.27. The third kappa shape index (κ3) is 4.15. The lowest BCUT2D eigenvalue weighted by atomic mass is 10.2. The summed E-state index contributed by atoms with van der Waals surface area (Å²) in [7, 11) is 0. The third-order valence-electron chi connectivity index (χ3n) is 2.63. The van der Waals surface area contributed by atoms with Gasteiger partial charge < -0.3 is 20.1 Å². The maximum absolute atomic E-state index is 11.8. The zero-order valence-corrected chi connectivity index (χ0v) is 11.1. The molecule has 1 aromatic rings. The van der Waals surface area contributed by atoms with Crippen LogP contribution in [0, 0.1) is 0 Å². The molecule has 0 bridgehead atoms. The van der Waals surface area contributed by atoms with Crippen molar-refractivity contribution < 1.29 is 20.1 Å². The molecule has 0 saturated carbocycles. The molecule has 21 heavy (non-hydrogen) atoms. The predicted molar refractivity (Wildman–Crippen MR) is 69.9 cm³/mol. The SMILES string of the molecule is CC(O[C@H](CO)[C@H](O)CO)n1c(N=[N+]=[N-])cc(=O)[nH]c1=O. The van der Waals surface area contributed by atoms with E-state index in [1.807, 2.05) is 4.98 Å². The van der Waals surface area contributed by atoms with Gasteiger partial charge in [0.1, 0.15) is 24.3 Å². The van der Waals surface area contributed by atoms with Crippen LogP contribution < -0.4 is 11.2 Å². The molecule has 0 fully saturated rings. The first-order chi connectivity index (χ1) is 9.94. The second kappa shape index (κ2) is 7.57. The van der Waals surface area contributed by atoms with E-state index in [2.05, 4.69) is 10.0 Å². The molecule has 0 radical (unpaired) electrons. The summed E-state index contributed by atoms with van der Waals surface area (Å²) in [5, 5.41) is 30.6. The standard InChI is InChI=1S/C10H15N5O6/c1-5(21-7(4-17)6(18)3-16)15-8(13-14-11)2-9(19)12-10(15)20/h2,5-7,16-18H,3-4H2,1H3,(H,12,19,20)/t5?,6-,7-/m1/s1. The van der Waals surface area contributed by atoms with Gasteiger partial charge in [-0.2, -0.15) is 0 Å². The van der Waals surface area contributed by atoms with Gasteiger partial charge in [-0.1, -0.05) is 0 Å². The lowest BCUT2D eigenvalue weighted by Crippen LogP contribution is -2.39. The first-order valence-corrected chi connectivity index (χ1v) is 5.90. The van der Waals surface area contributed by atoms with Crippen LogP contribution in [0.5, 0.6) is 0 Å². The van der Waals surface area contributed by atoms with Gasteiger partial charge in [-0.3, -0.25) is 14.3 Å². The summed E-state index contributed by atoms with van der Waals surface area (Å²) in [6.45, 7) is 0.117. The van der Waals surface area contributed by atoms with E-state index in [0.717, 1.165) is 10.6 Å². The van der Waals surface area contributed by atoms with E-state index >= 15 is 0 Å². The van der Waals surface area contributed by atoms with Gasteiger partial charge in [0.15, 0.2) is 0 Å². The van der Waals surface area contributed by atoms with Gasteiger partial charge >= 0.3 is 5.69 Å². The topological polar surface area (TPSA) is 174 Å². The summed E-state index contributed by atoms with van der Waals surface area (Å²) >= 11 is 0. The van der Waals surface area contributed by atoms with Gasteiger partial charge in [0.2, 0.25) is 0 Å². The van der Waals surface area contributed by atoms with Crippen LogP contribution in [0.2, 0.25) is 0 Å². The Hall–Kier alpha value is -2.17. The Morgan fingerprint density at radius 1 is 1.48 bits per heavy atom. The van der Waals surface area contributed by atoms with Crippen molar-refractivity contribution in [3.05, 3.63) is 37.3 Å². The van der Waals surface area contributed by atoms with E-state index in [0.29, 0.717) is 0 Å². The summed E-state index contributed by atoms with van der Waals surface area (Å²) < 4.78 is 6.08. The van der Waals surface area contributed by atoms with Crippen LogP contribution in [-0.4, -0.2) is 50.3 Å². The van der Waals surface area contributed by atoms with Crippen LogP contribution in [0.25, 0.3) is 10.4 Å². The first kappa shape index (κ1) is 16.9. The molecule has 4 N–H and O–H groups in total. The molecule has 1 rings (SSSR count). The van der Waals surface area contributed by atoms with Gasteiger partial charge in [-0.05, 0) is 17.6 Å². The minimum atomic E-state index is -1.36. The molecule has 1 aromatic heterocycles. The third-order valence-corrected chi connectivity index (χ3v) is 2.63. The van der Waals surface area contributed by atoms with Crippen molar-refractivity contribution in [3.8, 4) is 0 Å². The zero-order chi connectivity index (χ0) is 16.0. The molecule has 0 aliphatic rings. The van der Waals surface area contributed by atoms with Crippen LogP contribution >= 0.6 is 0 Å². The van der Waals surface area contributed by atoms with E-state index in [1.54, 1.807) is 0 Å². The smallest absolute Gasteiger partial charge is 0.330 e. The summed E-state index contributed by atoms with van der Waals surface area (Å²) in [4.78, 5) is 27.4. The molecule has 0 aliphatic carbocycles. The van der Waals surface area contributed by atoms with Crippen LogP contribution in [0.15, 0.2) is 20.8 Å². The number of aromatic nitrogens is 2. The normalized spacial score (nSPS) is 15.0. The number of azide groups is 1. The fraction of sp³-hybridized carbons (Fsp3) is 0.600. The Bertz CT molecular complexity index is 634. The number of rotatable bonds is 7. The number of hydrogen-bond acceptors (Lipinski definition) is 7. The number of nitrogens with one attached hydrogen (secondary N) is 1. The van der Waals surface area contributed by atoms with Crippen LogP contribution in [0.1, 0.15) is 13.2 Å².